The van der Waals surface area contributed by atoms with Crippen LogP contribution in [0.25, 0.3) is 0 Å². The minimum atomic E-state index is -2.42. The average Bonchev–Trinajstić information content (AvgIpc) is 3.04. The average molecular weight is 369 g/mol. The molecule has 0 unspecified atom stereocenters. The Morgan fingerprint density at radius 1 is 0.923 bits per heavy atom. The third-order valence-electron chi connectivity index (χ3n) is 5.84. The molecule has 0 radical (unpaired) electrons. The summed E-state index contributed by atoms with van der Waals surface area (Å²) in [7, 11) is -2.42. The molecule has 1 N–H and O–H groups in total. The van der Waals surface area contributed by atoms with Gasteiger partial charge in [-0.2, -0.15) is 0 Å². The van der Waals surface area contributed by atoms with E-state index in [2.05, 4.69) is 81.4 Å². The van der Waals surface area contributed by atoms with Crippen molar-refractivity contribution in [2.24, 2.45) is 5.92 Å². The molecule has 0 aromatic heterocycles. The Labute approximate surface area is 159 Å². The second-order valence-corrected chi connectivity index (χ2v) is 12.9. The molecule has 1 aliphatic carbocycles. The van der Waals surface area contributed by atoms with Crippen molar-refractivity contribution in [2.75, 3.05) is 6.61 Å². The van der Waals surface area contributed by atoms with E-state index < -0.39 is 8.32 Å². The number of aliphatic hydroxyl groups is 1. The first-order chi connectivity index (χ1) is 12.4. The van der Waals surface area contributed by atoms with Gasteiger partial charge >= 0.3 is 0 Å². The SMILES string of the molecule is CC(C)(C)[Si](OCC[C@@H]1CCC[C@@H]1O)(c1ccccc1)c1ccccc1. The highest BCUT2D eigenvalue weighted by atomic mass is 28.4. The molecule has 0 bridgehead atoms. The Morgan fingerprint density at radius 3 is 1.88 bits per heavy atom. The molecule has 2 aromatic carbocycles. The fraction of sp³-hybridized carbons (Fsp3) is 0.478. The molecule has 1 fully saturated rings. The zero-order valence-electron chi connectivity index (χ0n) is 16.3. The maximum atomic E-state index is 10.2. The van der Waals surface area contributed by atoms with E-state index in [1.54, 1.807) is 0 Å². The lowest BCUT2D eigenvalue weighted by Crippen LogP contribution is -2.66. The Hall–Kier alpha value is -1.42. The van der Waals surface area contributed by atoms with Crippen LogP contribution in [0.5, 0.6) is 0 Å². The smallest absolute Gasteiger partial charge is 0.261 e. The highest BCUT2D eigenvalue weighted by Gasteiger charge is 2.50. The summed E-state index contributed by atoms with van der Waals surface area (Å²) >= 11 is 0. The summed E-state index contributed by atoms with van der Waals surface area (Å²) < 4.78 is 6.90. The molecule has 0 amide bonds. The Bertz CT molecular complexity index is 639. The zero-order valence-corrected chi connectivity index (χ0v) is 17.3. The standard InChI is InChI=1S/C23H32O2Si/c1-23(2,3)26(20-12-6-4-7-13-20,21-14-8-5-9-15-21)25-18-17-19-11-10-16-22(19)24/h4-9,12-15,19,22,24H,10-11,16-18H2,1-3H3/t19-,22-/m0/s1. The van der Waals surface area contributed by atoms with Crippen LogP contribution in [-0.2, 0) is 4.43 Å². The molecule has 2 atom stereocenters. The Morgan fingerprint density at radius 2 is 1.46 bits per heavy atom. The molecule has 26 heavy (non-hydrogen) atoms. The van der Waals surface area contributed by atoms with Gasteiger partial charge in [-0.1, -0.05) is 87.9 Å². The number of benzene rings is 2. The maximum absolute atomic E-state index is 10.2. The maximum Gasteiger partial charge on any atom is 0.261 e. The molecule has 3 heteroatoms. The molecule has 1 aliphatic rings. The second-order valence-electron chi connectivity index (χ2n) is 8.56. The third kappa shape index (κ3) is 3.80. The van der Waals surface area contributed by atoms with E-state index in [1.807, 2.05) is 0 Å². The van der Waals surface area contributed by atoms with E-state index in [-0.39, 0.29) is 11.1 Å². The quantitative estimate of drug-likeness (QED) is 0.778. The van der Waals surface area contributed by atoms with Crippen LogP contribution in [0.4, 0.5) is 0 Å². The number of aliphatic hydroxyl groups excluding tert-OH is 1. The van der Waals surface area contributed by atoms with Gasteiger partial charge in [0, 0.05) is 6.61 Å². The van der Waals surface area contributed by atoms with Crippen molar-refractivity contribution in [2.45, 2.75) is 57.6 Å². The highest BCUT2D eigenvalue weighted by molar-refractivity contribution is 6.99. The summed E-state index contributed by atoms with van der Waals surface area (Å²) in [6.07, 6.45) is 4.03. The van der Waals surface area contributed by atoms with Crippen molar-refractivity contribution in [1.82, 2.24) is 0 Å². The molecular weight excluding hydrogens is 336 g/mol. The van der Waals surface area contributed by atoms with Gasteiger partial charge in [-0.15, -0.1) is 0 Å². The van der Waals surface area contributed by atoms with Gasteiger partial charge in [-0.25, -0.2) is 0 Å². The van der Waals surface area contributed by atoms with Crippen LogP contribution in [0.3, 0.4) is 0 Å². The summed E-state index contributed by atoms with van der Waals surface area (Å²) in [5.41, 5.74) is 0. The van der Waals surface area contributed by atoms with Crippen LogP contribution < -0.4 is 10.4 Å². The first kappa shape index (κ1) is 19.3. The van der Waals surface area contributed by atoms with E-state index >= 15 is 0 Å². The predicted molar refractivity (Wildman–Crippen MR) is 112 cm³/mol. The van der Waals surface area contributed by atoms with Gasteiger partial charge in [-0.3, -0.25) is 0 Å². The van der Waals surface area contributed by atoms with Crippen molar-refractivity contribution >= 4 is 18.7 Å². The fourth-order valence-corrected chi connectivity index (χ4v) is 9.06. The van der Waals surface area contributed by atoms with Gasteiger partial charge in [0.2, 0.25) is 0 Å². The minimum Gasteiger partial charge on any atom is -0.407 e. The van der Waals surface area contributed by atoms with E-state index in [0.29, 0.717) is 5.92 Å². The van der Waals surface area contributed by atoms with Gasteiger partial charge in [0.05, 0.1) is 6.10 Å². The van der Waals surface area contributed by atoms with Gasteiger partial charge in [0.25, 0.3) is 8.32 Å². The number of hydrogen-bond donors (Lipinski definition) is 1. The summed E-state index contributed by atoms with van der Waals surface area (Å²) in [5.74, 6) is 0.396. The second kappa shape index (κ2) is 8.08. The third-order valence-corrected chi connectivity index (χ3v) is 10.9. The van der Waals surface area contributed by atoms with Crippen molar-refractivity contribution in [3.8, 4) is 0 Å². The summed E-state index contributed by atoms with van der Waals surface area (Å²) in [6, 6.07) is 21.6. The zero-order chi connectivity index (χ0) is 18.6. The van der Waals surface area contributed by atoms with E-state index in [1.165, 1.54) is 10.4 Å². The fourth-order valence-electron chi connectivity index (χ4n) is 4.48. The van der Waals surface area contributed by atoms with E-state index in [4.69, 9.17) is 4.43 Å². The van der Waals surface area contributed by atoms with Gasteiger partial charge in [0.1, 0.15) is 0 Å². The Kier molecular flexibility index (Phi) is 6.01. The van der Waals surface area contributed by atoms with Crippen LogP contribution >= 0.6 is 0 Å². The predicted octanol–water partition coefficient (Wildman–Crippen LogP) is 4.11. The molecule has 0 saturated heterocycles. The van der Waals surface area contributed by atoms with E-state index in [0.717, 1.165) is 32.3 Å². The van der Waals surface area contributed by atoms with Crippen molar-refractivity contribution in [3.63, 3.8) is 0 Å². The molecule has 3 rings (SSSR count). The molecular formula is C23H32O2Si. The van der Waals surface area contributed by atoms with E-state index in [9.17, 15) is 5.11 Å². The lowest BCUT2D eigenvalue weighted by Gasteiger charge is -2.43. The van der Waals surface area contributed by atoms with Crippen LogP contribution in [0.15, 0.2) is 60.7 Å². The largest absolute Gasteiger partial charge is 0.407 e. The van der Waals surface area contributed by atoms with Crippen LogP contribution in [0, 0.1) is 5.92 Å². The lowest BCUT2D eigenvalue weighted by molar-refractivity contribution is 0.115. The topological polar surface area (TPSA) is 29.5 Å². The monoisotopic (exact) mass is 368 g/mol. The van der Waals surface area contributed by atoms with Gasteiger partial charge in [0.15, 0.2) is 0 Å². The van der Waals surface area contributed by atoms with Crippen molar-refractivity contribution in [3.05, 3.63) is 60.7 Å². The summed E-state index contributed by atoms with van der Waals surface area (Å²) in [5, 5.41) is 12.8. The molecule has 140 valence electrons. The Balaban J connectivity index is 1.95. The highest BCUT2D eigenvalue weighted by Crippen LogP contribution is 2.37. The van der Waals surface area contributed by atoms with Crippen LogP contribution in [-0.4, -0.2) is 26.1 Å². The van der Waals surface area contributed by atoms with Crippen LogP contribution in [0.1, 0.15) is 46.5 Å². The van der Waals surface area contributed by atoms with Crippen LogP contribution in [0.2, 0.25) is 5.04 Å². The molecule has 0 spiro atoms. The molecule has 0 aliphatic heterocycles. The van der Waals surface area contributed by atoms with Crippen molar-refractivity contribution in [1.29, 1.82) is 0 Å². The normalized spacial score (nSPS) is 21.1. The number of hydrogen-bond acceptors (Lipinski definition) is 2. The molecule has 1 saturated carbocycles. The number of rotatable bonds is 6. The first-order valence-corrected chi connectivity index (χ1v) is 11.8. The minimum absolute atomic E-state index is 0.0179. The summed E-state index contributed by atoms with van der Waals surface area (Å²) in [4.78, 5) is 0. The first-order valence-electron chi connectivity index (χ1n) is 9.88. The molecule has 0 heterocycles. The van der Waals surface area contributed by atoms with Crippen molar-refractivity contribution < 1.29 is 9.53 Å². The van der Waals surface area contributed by atoms with Gasteiger partial charge in [-0.05, 0) is 40.6 Å². The molecule has 2 nitrogen and oxygen atoms in total. The summed E-state index contributed by atoms with van der Waals surface area (Å²) in [6.45, 7) is 7.64. The molecule has 2 aromatic rings. The van der Waals surface area contributed by atoms with Gasteiger partial charge < -0.3 is 9.53 Å². The lowest BCUT2D eigenvalue weighted by atomic mass is 10.0.